The second-order valence-corrected chi connectivity index (χ2v) is 34.5. The average molecular weight is 1760 g/mol. The van der Waals surface area contributed by atoms with Crippen molar-refractivity contribution in [2.45, 2.75) is 62.3 Å². The lowest BCUT2D eigenvalue weighted by molar-refractivity contribution is 0.415. The zero-order valence-electron chi connectivity index (χ0n) is 80.7. The molecule has 0 fully saturated rings. The number of benzene rings is 18. The van der Waals surface area contributed by atoms with Crippen LogP contribution in [-0.4, -0.2) is 82.9 Å². The molecular weight excluding hydrogens is 1640 g/mol. The first kappa shape index (κ1) is 97.7. The summed E-state index contributed by atoms with van der Waals surface area (Å²) in [4.78, 5) is 0. The third kappa shape index (κ3) is 27.0. The molecule has 0 atom stereocenters. The molecule has 0 amide bonds. The van der Waals surface area contributed by atoms with Crippen LogP contribution in [0.4, 0.5) is 0 Å². The maximum absolute atomic E-state index is 5.42. The third-order valence-electron chi connectivity index (χ3n) is 24.9. The van der Waals surface area contributed by atoms with Gasteiger partial charge < -0.3 is 28.4 Å². The third-order valence-corrected chi connectivity index (χ3v) is 24.9. The van der Waals surface area contributed by atoms with E-state index in [0.717, 1.165) is 50.9 Å². The fourth-order valence-corrected chi connectivity index (χ4v) is 17.7. The molecule has 0 bridgehead atoms. The highest BCUT2D eigenvalue weighted by Gasteiger charge is 2.29. The molecule has 0 saturated heterocycles. The van der Waals surface area contributed by atoms with Crippen molar-refractivity contribution in [2.75, 3.05) is 42.7 Å². The Kier molecular flexibility index (Phi) is 35.9. The first-order valence-electron chi connectivity index (χ1n) is 46.4. The molecule has 135 heavy (non-hydrogen) atoms. The van der Waals surface area contributed by atoms with E-state index < -0.39 is 0 Å². The van der Waals surface area contributed by atoms with E-state index in [0.29, 0.717) is 26.9 Å². The quantitative estimate of drug-likeness (QED) is 0.0562. The fraction of sp³-hybridized carbons (Fsp3) is 0.122. The van der Waals surface area contributed by atoms with Gasteiger partial charge in [0, 0.05) is 0 Å². The van der Waals surface area contributed by atoms with Crippen molar-refractivity contribution in [2.24, 2.45) is 0 Å². The normalized spacial score (nSPS) is 10.3. The summed E-state index contributed by atoms with van der Waals surface area (Å²) >= 11 is 0. The summed E-state index contributed by atoms with van der Waals surface area (Å²) < 4.78 is 32.1. The Hall–Kier alpha value is -14.9. The molecule has 0 unspecified atom stereocenters. The van der Waals surface area contributed by atoms with Crippen LogP contribution in [0.2, 0.25) is 0 Å². The monoisotopic (exact) mass is 1760 g/mol. The molecule has 12 heteroatoms. The van der Waals surface area contributed by atoms with Gasteiger partial charge >= 0.3 is 0 Å². The molecule has 0 radical (unpaired) electrons. The van der Waals surface area contributed by atoms with Crippen LogP contribution in [0, 0.1) is 62.3 Å². The molecule has 0 N–H and O–H groups in total. The lowest BCUT2D eigenvalue weighted by Gasteiger charge is -2.21. The summed E-state index contributed by atoms with van der Waals surface area (Å²) in [7, 11) is 10.1. The SMILES string of the molecule is COc1ccc(B(c2ccc(OC)cc2)c2ccc(OC)cc2)cc1.COc1cccc(B(c2cccc(OC)c2)c2cccc(OC)c2)c1.Cc1ccc(B(c2ccc(C)cc2)c2ccc(C)cc2)cc1.Cc1cccc(B(c2cccc(C)c2)c2cccc(C)c2)c1.Cc1ccccc1B(c1ccccc1C)c1ccccc1C.c1ccc(B(c2ccccc2)c2ccccc2)cc1. The van der Waals surface area contributed by atoms with Crippen molar-refractivity contribution in [1.82, 2.24) is 0 Å². The highest BCUT2D eigenvalue weighted by Crippen LogP contribution is 2.17. The molecule has 0 aliphatic carbocycles. The smallest absolute Gasteiger partial charge is 0.242 e. The topological polar surface area (TPSA) is 55.4 Å². The minimum absolute atomic E-state index is 0.0558. The van der Waals surface area contributed by atoms with Gasteiger partial charge in [-0.1, -0.05) is 531 Å². The van der Waals surface area contributed by atoms with Crippen LogP contribution in [0.5, 0.6) is 34.5 Å². The molecule has 0 saturated carbocycles. The van der Waals surface area contributed by atoms with E-state index in [1.807, 2.05) is 72.8 Å². The molecule has 18 aromatic rings. The summed E-state index contributed by atoms with van der Waals surface area (Å²) in [5.41, 5.74) is 35.2. The molecule has 0 heterocycles. The molecule has 18 rings (SSSR count). The molecule has 0 aromatic heterocycles. The van der Waals surface area contributed by atoms with Gasteiger partial charge in [-0.25, -0.2) is 0 Å². The molecule has 0 spiro atoms. The zero-order chi connectivity index (χ0) is 94.8. The fourth-order valence-electron chi connectivity index (χ4n) is 17.7. The van der Waals surface area contributed by atoms with Crippen molar-refractivity contribution in [3.05, 3.63) is 505 Å². The maximum Gasteiger partial charge on any atom is 0.242 e. The van der Waals surface area contributed by atoms with E-state index in [2.05, 4.69) is 444 Å². The van der Waals surface area contributed by atoms with Crippen LogP contribution in [0.1, 0.15) is 50.1 Å². The predicted molar refractivity (Wildman–Crippen MR) is 586 cm³/mol. The van der Waals surface area contributed by atoms with Gasteiger partial charge in [0.1, 0.15) is 34.5 Å². The van der Waals surface area contributed by atoms with E-state index in [-0.39, 0.29) is 13.4 Å². The molecular formula is C123H120B6O6. The van der Waals surface area contributed by atoms with Gasteiger partial charge in [0.05, 0.1) is 42.7 Å². The van der Waals surface area contributed by atoms with Crippen molar-refractivity contribution in [3.63, 3.8) is 0 Å². The number of methoxy groups -OCH3 is 6. The zero-order valence-corrected chi connectivity index (χ0v) is 80.7. The first-order chi connectivity index (χ1) is 65.9. The van der Waals surface area contributed by atoms with Crippen LogP contribution in [-0.2, 0) is 0 Å². The van der Waals surface area contributed by atoms with Gasteiger partial charge in [-0.3, -0.25) is 0 Å². The van der Waals surface area contributed by atoms with Gasteiger partial charge in [0.25, 0.3) is 0 Å². The lowest BCUT2D eigenvalue weighted by atomic mass is 9.35. The van der Waals surface area contributed by atoms with Gasteiger partial charge in [-0.15, -0.1) is 0 Å². The number of ether oxygens (including phenoxy) is 6. The van der Waals surface area contributed by atoms with E-state index in [1.165, 1.54) is 132 Å². The maximum atomic E-state index is 5.42. The minimum atomic E-state index is 0.0558. The Morgan fingerprint density at radius 3 is 0.519 bits per heavy atom. The first-order valence-corrected chi connectivity index (χ1v) is 46.4. The van der Waals surface area contributed by atoms with E-state index >= 15 is 0 Å². The molecule has 0 aliphatic heterocycles. The Labute approximate surface area is 806 Å². The minimum Gasteiger partial charge on any atom is -0.497 e. The van der Waals surface area contributed by atoms with Crippen molar-refractivity contribution < 1.29 is 28.4 Å². The predicted octanol–water partition coefficient (Wildman–Crippen LogP) is 16.0. The second-order valence-electron chi connectivity index (χ2n) is 34.5. The van der Waals surface area contributed by atoms with Crippen molar-refractivity contribution in [3.8, 4) is 34.5 Å². The number of aryl methyl sites for hydroxylation is 9. The van der Waals surface area contributed by atoms with Crippen LogP contribution >= 0.6 is 0 Å². The van der Waals surface area contributed by atoms with E-state index in [1.54, 1.807) is 42.7 Å². The molecule has 18 aromatic carbocycles. The van der Waals surface area contributed by atoms with E-state index in [4.69, 9.17) is 28.4 Å². The average Bonchev–Trinajstić information content (AvgIpc) is 0.787. The van der Waals surface area contributed by atoms with Crippen LogP contribution in [0.15, 0.2) is 455 Å². The van der Waals surface area contributed by atoms with Crippen LogP contribution in [0.25, 0.3) is 0 Å². The van der Waals surface area contributed by atoms with Gasteiger partial charge in [0.2, 0.25) is 40.3 Å². The van der Waals surface area contributed by atoms with Gasteiger partial charge in [0.15, 0.2) is 0 Å². The summed E-state index contributed by atoms with van der Waals surface area (Å²) in [6.45, 7) is 20.9. The summed E-state index contributed by atoms with van der Waals surface area (Å²) in [5.74, 6) is 5.08. The Balaban J connectivity index is 0.000000137. The summed E-state index contributed by atoms with van der Waals surface area (Å²) in [6, 6.07) is 161. The largest absolute Gasteiger partial charge is 0.497 e. The second kappa shape index (κ2) is 49.6. The van der Waals surface area contributed by atoms with Gasteiger partial charge in [-0.2, -0.15) is 0 Å². The number of rotatable bonds is 24. The summed E-state index contributed by atoms with van der Waals surface area (Å²) in [5, 5.41) is 0. The van der Waals surface area contributed by atoms with Gasteiger partial charge in [-0.05, 0) is 135 Å². The lowest BCUT2D eigenvalue weighted by Crippen LogP contribution is -2.54. The molecule has 666 valence electrons. The summed E-state index contributed by atoms with van der Waals surface area (Å²) in [6.07, 6.45) is 0. The van der Waals surface area contributed by atoms with E-state index in [9.17, 15) is 0 Å². The standard InChI is InChI=1S/2C21H21BO3.3C21H21B.C18H15B/c1-23-19-10-4-16(5-11-19)22(17-6-12-20(24-2)13-7-17)18-8-14-21(25-3)15-9-18;1-23-19-10-4-7-16(13-19)22(17-8-5-11-20(14-17)24-2)18-9-6-12-21(15-18)25-3;1-16-4-10-19(11-5-16)22(20-12-6-17(2)7-13-20)21-14-8-18(3)9-15-21;1-16-7-4-10-19(13-16)22(20-11-5-8-17(2)14-20)21-12-6-9-18(3)15-21;1-16-10-4-7-13-19(16)22(20-14-8-5-11-17(20)2)21-15-9-6-12-18(21)3;1-4-10-16(11-5-1)19(17-12-6-2-7-13-17)18-14-8-3-9-15-18/h2*4-15H,1-3H3;3*4-15H,1-3H3;1-15H. The molecule has 6 nitrogen and oxygen atoms in total. The highest BCUT2D eigenvalue weighted by atomic mass is 16.5. The highest BCUT2D eigenvalue weighted by molar-refractivity contribution is 6.98. The van der Waals surface area contributed by atoms with Crippen molar-refractivity contribution in [1.29, 1.82) is 0 Å². The Morgan fingerprint density at radius 2 is 0.304 bits per heavy atom. The van der Waals surface area contributed by atoms with Crippen molar-refractivity contribution >= 4 is 139 Å². The Morgan fingerprint density at radius 1 is 0.126 bits per heavy atom. The van der Waals surface area contributed by atoms with Crippen LogP contribution < -0.4 is 127 Å². The Bertz CT molecular complexity index is 6040. The number of hydrogen-bond donors (Lipinski definition) is 0. The van der Waals surface area contributed by atoms with Crippen LogP contribution in [0.3, 0.4) is 0 Å². The number of hydrogen-bond acceptors (Lipinski definition) is 6. The molecule has 0 aliphatic rings.